The molecule has 0 radical (unpaired) electrons. The topological polar surface area (TPSA) is 17.1 Å². The van der Waals surface area contributed by atoms with Crippen LogP contribution < -0.4 is 0 Å². The molecule has 0 aromatic heterocycles. The predicted molar refractivity (Wildman–Crippen MR) is 52.2 cm³/mol. The maximum absolute atomic E-state index is 10.9. The summed E-state index contributed by atoms with van der Waals surface area (Å²) < 4.78 is 0.903. The molecule has 0 atom stereocenters. The van der Waals surface area contributed by atoms with Crippen molar-refractivity contribution in [2.75, 3.05) is 0 Å². The lowest BCUT2D eigenvalue weighted by Crippen LogP contribution is -1.92. The molecule has 0 bridgehead atoms. The zero-order chi connectivity index (χ0) is 8.43. The third kappa shape index (κ3) is 2.07. The first-order valence-corrected chi connectivity index (χ1v) is 4.34. The average molecular weight is 231 g/mol. The molecule has 1 aromatic carbocycles. The second-order valence-corrected chi connectivity index (χ2v) is 3.59. The molecule has 1 nitrogen and oxygen atoms in total. The number of hydrogen-bond acceptors (Lipinski definition) is 1. The molecule has 0 amide bonds. The molecule has 3 heteroatoms. The predicted octanol–water partition coefficient (Wildman–Crippen LogP) is 2.83. The zero-order valence-corrected chi connectivity index (χ0v) is 8.45. The highest BCUT2D eigenvalue weighted by Gasteiger charge is 2.03. The molecule has 0 N–H and O–H groups in total. The van der Waals surface area contributed by atoms with Crippen LogP contribution >= 0.6 is 28.6 Å². The van der Waals surface area contributed by atoms with E-state index in [-0.39, 0.29) is 5.12 Å². The molecule has 0 aliphatic heterocycles. The number of benzene rings is 1. The third-order valence-electron chi connectivity index (χ3n) is 1.43. The van der Waals surface area contributed by atoms with Crippen LogP contribution in [-0.4, -0.2) is 5.12 Å². The van der Waals surface area contributed by atoms with Crippen LogP contribution in [0.3, 0.4) is 0 Å². The van der Waals surface area contributed by atoms with Crippen LogP contribution in [-0.2, 0) is 0 Å². The summed E-state index contributed by atoms with van der Waals surface area (Å²) in [5.41, 5.74) is 1.61. The van der Waals surface area contributed by atoms with Gasteiger partial charge < -0.3 is 0 Å². The van der Waals surface area contributed by atoms with Gasteiger partial charge in [-0.05, 0) is 24.6 Å². The monoisotopic (exact) mass is 230 g/mol. The number of carbonyl (C=O) groups is 1. The number of aryl methyl sites for hydroxylation is 1. The van der Waals surface area contributed by atoms with Crippen LogP contribution in [0.4, 0.5) is 0 Å². The second kappa shape index (κ2) is 3.41. The summed E-state index contributed by atoms with van der Waals surface area (Å²) in [6.07, 6.45) is 0. The first-order chi connectivity index (χ1) is 5.11. The Balaban J connectivity index is 3.23. The van der Waals surface area contributed by atoms with Crippen molar-refractivity contribution in [2.45, 2.75) is 6.92 Å². The minimum atomic E-state index is -0.191. The van der Waals surface area contributed by atoms with Gasteiger partial charge in [0.1, 0.15) is 0 Å². The quantitative estimate of drug-likeness (QED) is 0.735. The number of thiol groups is 1. The van der Waals surface area contributed by atoms with E-state index in [1.807, 2.05) is 19.1 Å². The smallest absolute Gasteiger partial charge is 0.216 e. The Morgan fingerprint density at radius 3 is 2.64 bits per heavy atom. The van der Waals surface area contributed by atoms with Gasteiger partial charge in [0.25, 0.3) is 0 Å². The van der Waals surface area contributed by atoms with Crippen LogP contribution in [0, 0.1) is 6.92 Å². The van der Waals surface area contributed by atoms with Gasteiger partial charge in [0.2, 0.25) is 5.12 Å². The van der Waals surface area contributed by atoms with E-state index in [4.69, 9.17) is 0 Å². The van der Waals surface area contributed by atoms with Crippen molar-refractivity contribution in [1.29, 1.82) is 0 Å². The van der Waals surface area contributed by atoms with Crippen LogP contribution in [0.2, 0.25) is 0 Å². The number of rotatable bonds is 1. The molecule has 0 heterocycles. The summed E-state index contributed by atoms with van der Waals surface area (Å²) in [4.78, 5) is 10.9. The fourth-order valence-electron chi connectivity index (χ4n) is 0.825. The maximum Gasteiger partial charge on any atom is 0.216 e. The SMILES string of the molecule is Cc1ccc(Br)cc1C(=O)S. The fraction of sp³-hybridized carbons (Fsp3) is 0.125. The summed E-state index contributed by atoms with van der Waals surface area (Å²) in [5, 5.41) is -0.191. The van der Waals surface area contributed by atoms with Crippen LogP contribution in [0.15, 0.2) is 22.7 Å². The van der Waals surface area contributed by atoms with Crippen molar-refractivity contribution in [1.82, 2.24) is 0 Å². The summed E-state index contributed by atoms with van der Waals surface area (Å²) in [5.74, 6) is 0. The van der Waals surface area contributed by atoms with Crippen molar-refractivity contribution < 1.29 is 4.79 Å². The van der Waals surface area contributed by atoms with Crippen LogP contribution in [0.25, 0.3) is 0 Å². The van der Waals surface area contributed by atoms with Gasteiger partial charge in [-0.25, -0.2) is 0 Å². The zero-order valence-electron chi connectivity index (χ0n) is 5.97. The largest absolute Gasteiger partial charge is 0.282 e. The fourth-order valence-corrected chi connectivity index (χ4v) is 1.43. The Bertz CT molecular complexity index is 296. The molecule has 0 spiro atoms. The normalized spacial score (nSPS) is 9.73. The van der Waals surface area contributed by atoms with E-state index in [1.165, 1.54) is 0 Å². The summed E-state index contributed by atoms with van der Waals surface area (Å²) in [7, 11) is 0. The molecule has 1 rings (SSSR count). The lowest BCUT2D eigenvalue weighted by atomic mass is 10.1. The Morgan fingerprint density at radius 2 is 2.18 bits per heavy atom. The first-order valence-electron chi connectivity index (χ1n) is 3.10. The van der Waals surface area contributed by atoms with Gasteiger partial charge >= 0.3 is 0 Å². The van der Waals surface area contributed by atoms with Crippen molar-refractivity contribution >= 4 is 33.7 Å². The molecular weight excluding hydrogens is 224 g/mol. The molecule has 11 heavy (non-hydrogen) atoms. The van der Waals surface area contributed by atoms with Gasteiger partial charge in [-0.3, -0.25) is 4.79 Å². The van der Waals surface area contributed by atoms with Crippen LogP contribution in [0.1, 0.15) is 15.9 Å². The molecule has 0 unspecified atom stereocenters. The van der Waals surface area contributed by atoms with Crippen molar-refractivity contribution in [3.8, 4) is 0 Å². The lowest BCUT2D eigenvalue weighted by Gasteiger charge is -1.99. The first kappa shape index (κ1) is 8.81. The van der Waals surface area contributed by atoms with Gasteiger partial charge in [-0.2, -0.15) is 0 Å². The molecular formula is C8H7BrOS. The highest BCUT2D eigenvalue weighted by Crippen LogP contribution is 2.17. The van der Waals surface area contributed by atoms with Gasteiger partial charge in [0.05, 0.1) is 0 Å². The van der Waals surface area contributed by atoms with Gasteiger partial charge in [-0.15, -0.1) is 12.6 Å². The van der Waals surface area contributed by atoms with Gasteiger partial charge in [0, 0.05) is 10.0 Å². The Hall–Kier alpha value is -0.280. The minimum absolute atomic E-state index is 0.191. The van der Waals surface area contributed by atoms with Gasteiger partial charge in [0.15, 0.2) is 0 Å². The molecule has 0 aliphatic carbocycles. The summed E-state index contributed by atoms with van der Waals surface area (Å²) in [6, 6.07) is 5.55. The molecule has 0 fully saturated rings. The second-order valence-electron chi connectivity index (χ2n) is 2.26. The van der Waals surface area contributed by atoms with E-state index in [0.717, 1.165) is 10.0 Å². The Morgan fingerprint density at radius 1 is 1.55 bits per heavy atom. The third-order valence-corrected chi connectivity index (χ3v) is 2.16. The van der Waals surface area contributed by atoms with Crippen molar-refractivity contribution in [2.24, 2.45) is 0 Å². The van der Waals surface area contributed by atoms with Gasteiger partial charge in [-0.1, -0.05) is 22.0 Å². The Kier molecular flexibility index (Phi) is 2.73. The molecule has 0 saturated carbocycles. The van der Waals surface area contributed by atoms with Crippen molar-refractivity contribution in [3.63, 3.8) is 0 Å². The van der Waals surface area contributed by atoms with E-state index in [9.17, 15) is 4.79 Å². The van der Waals surface area contributed by atoms with E-state index >= 15 is 0 Å². The van der Waals surface area contributed by atoms with E-state index < -0.39 is 0 Å². The highest BCUT2D eigenvalue weighted by molar-refractivity contribution is 9.10. The number of carbonyl (C=O) groups excluding carboxylic acids is 1. The molecule has 0 aliphatic rings. The standard InChI is InChI=1S/C8H7BrOS/c1-5-2-3-6(9)4-7(5)8(10)11/h2-4H,1H3,(H,10,11). The number of hydrogen-bond donors (Lipinski definition) is 1. The van der Waals surface area contributed by atoms with E-state index in [0.29, 0.717) is 5.56 Å². The minimum Gasteiger partial charge on any atom is -0.282 e. The lowest BCUT2D eigenvalue weighted by molar-refractivity contribution is 0.109. The molecule has 58 valence electrons. The van der Waals surface area contributed by atoms with Crippen molar-refractivity contribution in [3.05, 3.63) is 33.8 Å². The maximum atomic E-state index is 10.9. The van der Waals surface area contributed by atoms with E-state index in [1.54, 1.807) is 6.07 Å². The molecule has 1 aromatic rings. The summed E-state index contributed by atoms with van der Waals surface area (Å²) in [6.45, 7) is 1.88. The molecule has 0 saturated heterocycles. The van der Waals surface area contributed by atoms with E-state index in [2.05, 4.69) is 28.6 Å². The average Bonchev–Trinajstić information content (AvgIpc) is 1.94. The summed E-state index contributed by atoms with van der Waals surface area (Å²) >= 11 is 7.02. The Labute approximate surface area is 79.3 Å². The highest BCUT2D eigenvalue weighted by atomic mass is 79.9. The number of halogens is 1. The van der Waals surface area contributed by atoms with Crippen LogP contribution in [0.5, 0.6) is 0 Å².